The molecule has 3 nitrogen and oxygen atoms in total. The predicted octanol–water partition coefficient (Wildman–Crippen LogP) is 2.80. The molecule has 0 bridgehead atoms. The van der Waals surface area contributed by atoms with Crippen molar-refractivity contribution in [2.24, 2.45) is 0 Å². The maximum absolute atomic E-state index is 14.0. The van der Waals surface area contributed by atoms with Crippen molar-refractivity contribution in [2.45, 2.75) is 13.3 Å². The third-order valence-corrected chi connectivity index (χ3v) is 2.79. The molecule has 0 fully saturated rings. The highest BCUT2D eigenvalue weighted by atomic mass is 19.1. The summed E-state index contributed by atoms with van der Waals surface area (Å²) < 4.78 is 14.0. The molecule has 17 heavy (non-hydrogen) atoms. The van der Waals surface area contributed by atoms with Crippen molar-refractivity contribution in [2.75, 3.05) is 24.2 Å². The van der Waals surface area contributed by atoms with Gasteiger partial charge in [0.05, 0.1) is 11.2 Å². The Labute approximate surface area is 100 Å². The van der Waals surface area contributed by atoms with Crippen LogP contribution in [0.3, 0.4) is 0 Å². The van der Waals surface area contributed by atoms with Crippen LogP contribution < -0.4 is 10.6 Å². The number of aromatic nitrogens is 1. The van der Waals surface area contributed by atoms with E-state index in [1.807, 2.05) is 18.0 Å². The van der Waals surface area contributed by atoms with Gasteiger partial charge in [0.2, 0.25) is 0 Å². The lowest BCUT2D eigenvalue weighted by Gasteiger charge is -2.21. The lowest BCUT2D eigenvalue weighted by molar-refractivity contribution is 0.624. The molecule has 4 heteroatoms. The molecule has 0 saturated heterocycles. The minimum atomic E-state index is -0.315. The fraction of sp³-hybridized carbons (Fsp3) is 0.308. The monoisotopic (exact) mass is 233 g/mol. The van der Waals surface area contributed by atoms with Crippen LogP contribution in [0, 0.1) is 5.82 Å². The number of rotatable bonds is 3. The van der Waals surface area contributed by atoms with Gasteiger partial charge in [0, 0.05) is 30.9 Å². The molecule has 2 rings (SSSR count). The molecule has 0 amide bonds. The summed E-state index contributed by atoms with van der Waals surface area (Å²) in [6, 6.07) is 5.03. The maximum atomic E-state index is 14.0. The van der Waals surface area contributed by atoms with Gasteiger partial charge in [-0.25, -0.2) is 4.39 Å². The van der Waals surface area contributed by atoms with E-state index in [0.717, 1.165) is 18.4 Å². The first-order valence-corrected chi connectivity index (χ1v) is 5.69. The molecule has 0 atom stereocenters. The van der Waals surface area contributed by atoms with Gasteiger partial charge >= 0.3 is 0 Å². The molecule has 0 spiro atoms. The Bertz CT molecular complexity index is 539. The van der Waals surface area contributed by atoms with Crippen molar-refractivity contribution in [1.29, 1.82) is 0 Å². The summed E-state index contributed by atoms with van der Waals surface area (Å²) in [5, 5.41) is 0.798. The fourth-order valence-electron chi connectivity index (χ4n) is 2.03. The Morgan fingerprint density at radius 2 is 2.24 bits per heavy atom. The van der Waals surface area contributed by atoms with Gasteiger partial charge in [0.1, 0.15) is 0 Å². The number of pyridine rings is 1. The molecule has 90 valence electrons. The van der Waals surface area contributed by atoms with Crippen LogP contribution in [0.25, 0.3) is 10.9 Å². The van der Waals surface area contributed by atoms with Crippen molar-refractivity contribution in [1.82, 2.24) is 4.98 Å². The minimum absolute atomic E-state index is 0.315. The van der Waals surface area contributed by atoms with E-state index in [9.17, 15) is 4.39 Å². The second-order valence-electron chi connectivity index (χ2n) is 4.12. The first kappa shape index (κ1) is 11.6. The molecular formula is C13H16FN3. The van der Waals surface area contributed by atoms with E-state index in [-0.39, 0.29) is 5.82 Å². The van der Waals surface area contributed by atoms with Gasteiger partial charge in [-0.2, -0.15) is 0 Å². The zero-order valence-corrected chi connectivity index (χ0v) is 10.1. The lowest BCUT2D eigenvalue weighted by Crippen LogP contribution is -2.20. The number of hydrogen-bond acceptors (Lipinski definition) is 3. The first-order valence-electron chi connectivity index (χ1n) is 5.69. The Balaban J connectivity index is 2.69. The summed E-state index contributed by atoms with van der Waals surface area (Å²) in [5.41, 5.74) is 7.38. The quantitative estimate of drug-likeness (QED) is 0.829. The Morgan fingerprint density at radius 3 is 2.94 bits per heavy atom. The minimum Gasteiger partial charge on any atom is -0.398 e. The van der Waals surface area contributed by atoms with Gasteiger partial charge in [0.25, 0.3) is 0 Å². The van der Waals surface area contributed by atoms with Crippen molar-refractivity contribution < 1.29 is 4.39 Å². The lowest BCUT2D eigenvalue weighted by atomic mass is 10.1. The zero-order valence-electron chi connectivity index (χ0n) is 10.1. The standard InChI is InChI=1S/C13H16FN3/c1-3-7-17(2)13-10(14)8-11(15)9-5-4-6-16-12(9)13/h4-6,8H,3,7,15H2,1-2H3. The molecule has 2 N–H and O–H groups in total. The topological polar surface area (TPSA) is 42.1 Å². The molecular weight excluding hydrogens is 217 g/mol. The van der Waals surface area contributed by atoms with Gasteiger partial charge in [-0.3, -0.25) is 4.98 Å². The van der Waals surface area contributed by atoms with Gasteiger partial charge in [-0.1, -0.05) is 6.92 Å². The zero-order chi connectivity index (χ0) is 12.4. The Kier molecular flexibility index (Phi) is 3.13. The smallest absolute Gasteiger partial charge is 0.150 e. The molecule has 0 saturated carbocycles. The van der Waals surface area contributed by atoms with Crippen LogP contribution in [-0.4, -0.2) is 18.6 Å². The molecule has 0 aliphatic carbocycles. The number of nitrogens with two attached hydrogens (primary N) is 1. The number of fused-ring (bicyclic) bond motifs is 1. The summed E-state index contributed by atoms with van der Waals surface area (Å²) >= 11 is 0. The predicted molar refractivity (Wildman–Crippen MR) is 69.7 cm³/mol. The van der Waals surface area contributed by atoms with Crippen molar-refractivity contribution in [3.8, 4) is 0 Å². The third kappa shape index (κ3) is 2.02. The summed E-state index contributed by atoms with van der Waals surface area (Å²) in [6.07, 6.45) is 2.61. The highest BCUT2D eigenvalue weighted by Gasteiger charge is 2.14. The summed E-state index contributed by atoms with van der Waals surface area (Å²) in [7, 11) is 1.87. The molecule has 0 radical (unpaired) electrons. The average Bonchev–Trinajstić information content (AvgIpc) is 2.29. The second kappa shape index (κ2) is 4.57. The van der Waals surface area contributed by atoms with Crippen LogP contribution in [0.1, 0.15) is 13.3 Å². The van der Waals surface area contributed by atoms with E-state index in [2.05, 4.69) is 11.9 Å². The van der Waals surface area contributed by atoms with Gasteiger partial charge < -0.3 is 10.6 Å². The first-order chi connectivity index (χ1) is 8.15. The van der Waals surface area contributed by atoms with Gasteiger partial charge in [0.15, 0.2) is 5.82 Å². The van der Waals surface area contributed by atoms with Crippen LogP contribution in [0.2, 0.25) is 0 Å². The van der Waals surface area contributed by atoms with E-state index >= 15 is 0 Å². The highest BCUT2D eigenvalue weighted by molar-refractivity contribution is 5.98. The van der Waals surface area contributed by atoms with Crippen molar-refractivity contribution >= 4 is 22.3 Å². The second-order valence-corrected chi connectivity index (χ2v) is 4.12. The average molecular weight is 233 g/mol. The number of hydrogen-bond donors (Lipinski definition) is 1. The van der Waals surface area contributed by atoms with E-state index in [4.69, 9.17) is 5.73 Å². The van der Waals surface area contributed by atoms with Crippen LogP contribution in [-0.2, 0) is 0 Å². The van der Waals surface area contributed by atoms with Crippen LogP contribution in [0.4, 0.5) is 15.8 Å². The SMILES string of the molecule is CCCN(C)c1c(F)cc(N)c2cccnc12. The third-order valence-electron chi connectivity index (χ3n) is 2.79. The molecule has 0 aliphatic heterocycles. The van der Waals surface area contributed by atoms with Crippen molar-refractivity contribution in [3.63, 3.8) is 0 Å². The molecule has 1 heterocycles. The molecule has 1 aromatic heterocycles. The van der Waals surface area contributed by atoms with Crippen LogP contribution in [0.5, 0.6) is 0 Å². The summed E-state index contributed by atoms with van der Waals surface area (Å²) in [6.45, 7) is 2.84. The number of benzene rings is 1. The number of halogens is 1. The van der Waals surface area contributed by atoms with Gasteiger partial charge in [-0.05, 0) is 24.6 Å². The summed E-state index contributed by atoms with van der Waals surface area (Å²) in [4.78, 5) is 6.12. The van der Waals surface area contributed by atoms with Crippen LogP contribution in [0.15, 0.2) is 24.4 Å². The maximum Gasteiger partial charge on any atom is 0.150 e. The molecule has 1 aromatic carbocycles. The normalized spacial score (nSPS) is 10.8. The van der Waals surface area contributed by atoms with Crippen LogP contribution >= 0.6 is 0 Å². The van der Waals surface area contributed by atoms with E-state index in [0.29, 0.717) is 16.9 Å². The van der Waals surface area contributed by atoms with E-state index < -0.39 is 0 Å². The Morgan fingerprint density at radius 1 is 1.47 bits per heavy atom. The Hall–Kier alpha value is -1.84. The van der Waals surface area contributed by atoms with Crippen molar-refractivity contribution in [3.05, 3.63) is 30.2 Å². The largest absolute Gasteiger partial charge is 0.398 e. The summed E-state index contributed by atoms with van der Waals surface area (Å²) in [5.74, 6) is -0.315. The number of anilines is 2. The van der Waals surface area contributed by atoms with Gasteiger partial charge in [-0.15, -0.1) is 0 Å². The molecule has 2 aromatic rings. The number of nitrogens with zero attached hydrogens (tertiary/aromatic N) is 2. The van der Waals surface area contributed by atoms with E-state index in [1.54, 1.807) is 12.3 Å². The fourth-order valence-corrected chi connectivity index (χ4v) is 2.03. The van der Waals surface area contributed by atoms with E-state index in [1.165, 1.54) is 6.07 Å². The highest BCUT2D eigenvalue weighted by Crippen LogP contribution is 2.31. The molecule has 0 unspecified atom stereocenters. The number of nitrogen functional groups attached to an aromatic ring is 1. The molecule has 0 aliphatic rings.